The standard InChI is InChI=1S/C26H42F3N7O5S2Si/c1-24(2,3)44(8,9)40-11-17-16(39-15-42-43-25(4,5)12-30-22(38)26(27,28)29)10-18(41-17)36-14-31-19-20(36)33-23(34-21(19)37)32-13-35(6)7/h13-14,16-18H,10-12,15H2,1-9H3,(H,30,38)(H,33,34,37)/t16-,17-,18-/m1/s1. The average molecular weight is 682 g/mol. The smallest absolute Gasteiger partial charge is 0.414 e. The minimum Gasteiger partial charge on any atom is -0.414 e. The van der Waals surface area contributed by atoms with Gasteiger partial charge in [0.15, 0.2) is 19.5 Å². The molecule has 0 spiro atoms. The van der Waals surface area contributed by atoms with Crippen LogP contribution in [0.2, 0.25) is 18.1 Å². The topological polar surface area (TPSA) is 136 Å². The number of hydrogen-bond donors (Lipinski definition) is 2. The molecule has 3 atom stereocenters. The molecule has 0 aromatic carbocycles. The summed E-state index contributed by atoms with van der Waals surface area (Å²) in [4.78, 5) is 41.2. The Morgan fingerprint density at radius 1 is 1.30 bits per heavy atom. The molecule has 248 valence electrons. The Balaban J connectivity index is 1.74. The first-order valence-corrected chi connectivity index (χ1v) is 19.2. The summed E-state index contributed by atoms with van der Waals surface area (Å²) in [5, 5.41) is 1.91. The van der Waals surface area contributed by atoms with Crippen molar-refractivity contribution in [3.63, 3.8) is 0 Å². The molecule has 18 heteroatoms. The highest BCUT2D eigenvalue weighted by Crippen LogP contribution is 2.40. The Kier molecular flexibility index (Phi) is 11.7. The summed E-state index contributed by atoms with van der Waals surface area (Å²) >= 11 is 0. The molecule has 0 saturated carbocycles. The Morgan fingerprint density at radius 3 is 2.59 bits per heavy atom. The molecule has 3 rings (SSSR count). The number of aromatic nitrogens is 4. The van der Waals surface area contributed by atoms with Crippen LogP contribution in [0.3, 0.4) is 0 Å². The third-order valence-electron chi connectivity index (χ3n) is 7.28. The van der Waals surface area contributed by atoms with E-state index >= 15 is 0 Å². The van der Waals surface area contributed by atoms with Gasteiger partial charge in [0.25, 0.3) is 5.56 Å². The van der Waals surface area contributed by atoms with E-state index < -0.39 is 49.1 Å². The first kappa shape index (κ1) is 36.3. The van der Waals surface area contributed by atoms with Gasteiger partial charge in [-0.2, -0.15) is 18.2 Å². The van der Waals surface area contributed by atoms with Crippen LogP contribution in [0.4, 0.5) is 19.1 Å². The van der Waals surface area contributed by atoms with Crippen LogP contribution in [-0.2, 0) is 18.7 Å². The van der Waals surface area contributed by atoms with Crippen LogP contribution in [-0.4, -0.2) is 101 Å². The average Bonchev–Trinajstić information content (AvgIpc) is 3.50. The lowest BCUT2D eigenvalue weighted by molar-refractivity contribution is -0.173. The number of nitrogens with one attached hydrogen (secondary N) is 2. The number of aliphatic imine (C=N–C) groups is 1. The molecule has 1 amide bonds. The summed E-state index contributed by atoms with van der Waals surface area (Å²) in [6.07, 6.45) is -2.87. The van der Waals surface area contributed by atoms with Crippen LogP contribution < -0.4 is 10.9 Å². The summed E-state index contributed by atoms with van der Waals surface area (Å²) in [6.45, 7) is 14.3. The molecule has 2 N–H and O–H groups in total. The van der Waals surface area contributed by atoms with Gasteiger partial charge >= 0.3 is 12.1 Å². The van der Waals surface area contributed by atoms with E-state index in [-0.39, 0.29) is 29.0 Å². The van der Waals surface area contributed by atoms with Crippen molar-refractivity contribution in [3.8, 4) is 0 Å². The Hall–Kier alpha value is -2.12. The first-order chi connectivity index (χ1) is 20.2. The summed E-state index contributed by atoms with van der Waals surface area (Å²) in [5.41, 5.74) is 0.0512. The van der Waals surface area contributed by atoms with E-state index in [1.165, 1.54) is 34.3 Å². The zero-order chi connectivity index (χ0) is 33.1. The maximum absolute atomic E-state index is 12.7. The molecule has 1 aliphatic rings. The Morgan fingerprint density at radius 2 is 1.98 bits per heavy atom. The van der Waals surface area contributed by atoms with E-state index in [1.807, 2.05) is 5.32 Å². The fourth-order valence-corrected chi connectivity index (χ4v) is 6.97. The molecule has 12 nitrogen and oxygen atoms in total. The van der Waals surface area contributed by atoms with Gasteiger partial charge in [0.05, 0.1) is 25.4 Å². The summed E-state index contributed by atoms with van der Waals surface area (Å²) in [5.74, 6) is -1.62. The number of alkyl halides is 3. The van der Waals surface area contributed by atoms with Gasteiger partial charge in [-0.3, -0.25) is 19.1 Å². The van der Waals surface area contributed by atoms with Crippen molar-refractivity contribution in [1.29, 1.82) is 0 Å². The molecule has 0 aliphatic carbocycles. The number of ether oxygens (including phenoxy) is 2. The van der Waals surface area contributed by atoms with Gasteiger partial charge in [-0.25, -0.2) is 9.98 Å². The highest BCUT2D eigenvalue weighted by molar-refractivity contribution is 8.77. The molecule has 0 bridgehead atoms. The van der Waals surface area contributed by atoms with Crippen molar-refractivity contribution < 1.29 is 31.9 Å². The van der Waals surface area contributed by atoms with Crippen LogP contribution in [0.1, 0.15) is 47.3 Å². The second-order valence-corrected chi connectivity index (χ2v) is 20.6. The lowest BCUT2D eigenvalue weighted by atomic mass is 10.2. The van der Waals surface area contributed by atoms with Gasteiger partial charge < -0.3 is 24.1 Å². The lowest BCUT2D eigenvalue weighted by Gasteiger charge is -2.37. The van der Waals surface area contributed by atoms with Gasteiger partial charge in [-0.15, -0.1) is 0 Å². The molecule has 3 heterocycles. The molecule has 44 heavy (non-hydrogen) atoms. The highest BCUT2D eigenvalue weighted by Gasteiger charge is 2.43. The summed E-state index contributed by atoms with van der Waals surface area (Å²) in [7, 11) is 4.12. The molecule has 0 unspecified atom stereocenters. The monoisotopic (exact) mass is 681 g/mol. The minimum atomic E-state index is -4.93. The lowest BCUT2D eigenvalue weighted by Crippen LogP contribution is -2.44. The largest absolute Gasteiger partial charge is 0.471 e. The second kappa shape index (κ2) is 14.1. The van der Waals surface area contributed by atoms with E-state index in [2.05, 4.69) is 53.8 Å². The third-order valence-corrected chi connectivity index (χ3v) is 14.7. The van der Waals surface area contributed by atoms with Crippen LogP contribution in [0.5, 0.6) is 0 Å². The van der Waals surface area contributed by atoms with Gasteiger partial charge in [-0.05, 0) is 32.0 Å². The number of halogens is 3. The van der Waals surface area contributed by atoms with Crippen molar-refractivity contribution >= 4 is 59.3 Å². The second-order valence-electron chi connectivity index (χ2n) is 12.8. The van der Waals surface area contributed by atoms with Gasteiger partial charge in [0.2, 0.25) is 5.95 Å². The highest BCUT2D eigenvalue weighted by atomic mass is 33.1. The minimum absolute atomic E-state index is 0.0179. The Bertz CT molecular complexity index is 1380. The van der Waals surface area contributed by atoms with Crippen molar-refractivity contribution in [1.82, 2.24) is 29.7 Å². The van der Waals surface area contributed by atoms with Gasteiger partial charge in [-0.1, -0.05) is 42.4 Å². The van der Waals surface area contributed by atoms with Crippen LogP contribution in [0.25, 0.3) is 11.2 Å². The maximum atomic E-state index is 12.7. The van der Waals surface area contributed by atoms with E-state index in [9.17, 15) is 22.8 Å². The summed E-state index contributed by atoms with van der Waals surface area (Å²) in [6, 6.07) is 0. The zero-order valence-electron chi connectivity index (χ0n) is 26.4. The number of rotatable bonds is 13. The van der Waals surface area contributed by atoms with Crippen molar-refractivity contribution in [2.75, 3.05) is 33.2 Å². The third kappa shape index (κ3) is 9.69. The normalized spacial score (nSPS) is 20.1. The van der Waals surface area contributed by atoms with Crippen molar-refractivity contribution in [2.45, 2.75) is 88.5 Å². The number of carbonyl (C=O) groups excluding carboxylic acids is 1. The number of H-pyrrole nitrogens is 1. The van der Waals surface area contributed by atoms with Crippen LogP contribution >= 0.6 is 21.6 Å². The maximum Gasteiger partial charge on any atom is 0.471 e. The number of amides is 1. The fourth-order valence-electron chi connectivity index (χ4n) is 3.78. The molecule has 0 radical (unpaired) electrons. The van der Waals surface area contributed by atoms with Crippen molar-refractivity contribution in [2.24, 2.45) is 4.99 Å². The van der Waals surface area contributed by atoms with E-state index in [0.717, 1.165) is 0 Å². The molecular weight excluding hydrogens is 640 g/mol. The van der Waals surface area contributed by atoms with Gasteiger partial charge in [0, 0.05) is 31.8 Å². The number of nitrogens with zero attached hydrogens (tertiary/aromatic N) is 5. The first-order valence-electron chi connectivity index (χ1n) is 13.9. The SMILES string of the molecule is CN(C)C=Nc1nc2c(ncn2[C@H]2C[C@@H](OCSSC(C)(C)CNC(=O)C(F)(F)F)[C@@H](CO[Si](C)(C)C(C)(C)C)O2)c(=O)[nH]1. The van der Waals surface area contributed by atoms with Crippen molar-refractivity contribution in [3.05, 3.63) is 16.7 Å². The number of fused-ring (bicyclic) bond motifs is 1. The van der Waals surface area contributed by atoms with Crippen LogP contribution in [0.15, 0.2) is 16.1 Å². The molecule has 2 aromatic heterocycles. The zero-order valence-corrected chi connectivity index (χ0v) is 29.1. The number of hydrogen-bond acceptors (Lipinski definition) is 10. The molecule has 1 fully saturated rings. The summed E-state index contributed by atoms with van der Waals surface area (Å²) < 4.78 is 57.8. The van der Waals surface area contributed by atoms with E-state index in [4.69, 9.17) is 13.9 Å². The Labute approximate surface area is 263 Å². The quantitative estimate of drug-likeness (QED) is 0.0756. The van der Waals surface area contributed by atoms with Gasteiger partial charge in [0.1, 0.15) is 18.3 Å². The number of aromatic amines is 1. The number of imidazole rings is 1. The molecule has 1 aliphatic heterocycles. The van der Waals surface area contributed by atoms with E-state index in [0.29, 0.717) is 18.7 Å². The predicted octanol–water partition coefficient (Wildman–Crippen LogP) is 4.83. The van der Waals surface area contributed by atoms with Crippen LogP contribution in [0, 0.1) is 0 Å². The molecule has 2 aromatic rings. The van der Waals surface area contributed by atoms with E-state index in [1.54, 1.807) is 37.4 Å². The number of carbonyl (C=O) groups is 1. The fraction of sp³-hybridized carbons (Fsp3) is 0.731. The molecular formula is C26H42F3N7O5S2Si. The molecule has 1 saturated heterocycles. The predicted molar refractivity (Wildman–Crippen MR) is 170 cm³/mol.